The number of carbonyl (C=O) groups is 1. The van der Waals surface area contributed by atoms with Crippen molar-refractivity contribution in [3.63, 3.8) is 0 Å². The van der Waals surface area contributed by atoms with E-state index in [1.54, 1.807) is 36.4 Å². The van der Waals surface area contributed by atoms with Gasteiger partial charge in [-0.05, 0) is 66.7 Å². The number of nitrogens with one attached hydrogen (secondary N) is 1. The van der Waals surface area contributed by atoms with Crippen molar-refractivity contribution in [2.24, 2.45) is 0 Å². The van der Waals surface area contributed by atoms with Crippen LogP contribution < -0.4 is 9.62 Å². The monoisotopic (exact) mass is 425 g/mol. The molecule has 146 valence electrons. The van der Waals surface area contributed by atoms with Gasteiger partial charge in [0, 0.05) is 23.3 Å². The van der Waals surface area contributed by atoms with E-state index in [2.05, 4.69) is 5.32 Å². The Balaban J connectivity index is 1.83. The second-order valence-corrected chi connectivity index (χ2v) is 8.53. The molecule has 0 atom stereocenters. The summed E-state index contributed by atoms with van der Waals surface area (Å²) in [6.45, 7) is 0. The number of hydrogen-bond donors (Lipinski definition) is 1. The van der Waals surface area contributed by atoms with Crippen LogP contribution in [0.25, 0.3) is 0 Å². The number of carbonyl (C=O) groups excluding carboxylic acids is 1. The Kier molecular flexibility index (Phi) is 5.87. The highest BCUT2D eigenvalue weighted by molar-refractivity contribution is 7.92. The average Bonchev–Trinajstić information content (AvgIpc) is 2.74. The number of amides is 1. The van der Waals surface area contributed by atoms with Crippen LogP contribution in [0.3, 0.4) is 0 Å². The summed E-state index contributed by atoms with van der Waals surface area (Å²) in [5, 5.41) is 12.0. The molecule has 0 fully saturated rings. The fourth-order valence-corrected chi connectivity index (χ4v) is 3.95. The smallest absolute Gasteiger partial charge is 0.264 e. The van der Waals surface area contributed by atoms with Gasteiger partial charge in [-0.15, -0.1) is 0 Å². The summed E-state index contributed by atoms with van der Waals surface area (Å²) in [6.07, 6.45) is 0. The standard InChI is InChI=1S/C21H16ClN3O3S/c1-25(19-11-9-17(22)10-12-19)29(27,28)20-4-2-3-18(13-20)24-21(26)16-7-5-15(14-23)6-8-16/h2-13H,1H3,(H,24,26). The molecule has 0 bridgehead atoms. The normalized spacial score (nSPS) is 10.8. The van der Waals surface area contributed by atoms with E-state index < -0.39 is 15.9 Å². The van der Waals surface area contributed by atoms with E-state index in [0.29, 0.717) is 27.5 Å². The van der Waals surface area contributed by atoms with E-state index >= 15 is 0 Å². The molecule has 0 aliphatic heterocycles. The van der Waals surface area contributed by atoms with Gasteiger partial charge in [-0.25, -0.2) is 8.42 Å². The van der Waals surface area contributed by atoms with Crippen LogP contribution in [0.15, 0.2) is 77.7 Å². The highest BCUT2D eigenvalue weighted by atomic mass is 35.5. The Labute approximate surface area is 174 Å². The number of anilines is 2. The molecule has 0 unspecified atom stereocenters. The second kappa shape index (κ2) is 8.35. The quantitative estimate of drug-likeness (QED) is 0.660. The molecular weight excluding hydrogens is 410 g/mol. The number of sulfonamides is 1. The van der Waals surface area contributed by atoms with Crippen LogP contribution in [0, 0.1) is 11.3 Å². The predicted molar refractivity (Wildman–Crippen MR) is 113 cm³/mol. The molecule has 0 heterocycles. The number of rotatable bonds is 5. The lowest BCUT2D eigenvalue weighted by Gasteiger charge is -2.20. The molecule has 1 amide bonds. The van der Waals surface area contributed by atoms with Crippen LogP contribution in [-0.2, 0) is 10.0 Å². The Hall–Kier alpha value is -3.34. The van der Waals surface area contributed by atoms with Gasteiger partial charge >= 0.3 is 0 Å². The van der Waals surface area contributed by atoms with Crippen LogP contribution in [0.2, 0.25) is 5.02 Å². The molecule has 3 rings (SSSR count). The number of halogens is 1. The average molecular weight is 426 g/mol. The van der Waals surface area contributed by atoms with Gasteiger partial charge < -0.3 is 5.32 Å². The molecule has 3 aromatic rings. The Morgan fingerprint density at radius 2 is 1.69 bits per heavy atom. The molecule has 1 N–H and O–H groups in total. The number of nitrogens with zero attached hydrogens (tertiary/aromatic N) is 2. The maximum Gasteiger partial charge on any atom is 0.264 e. The third-order valence-electron chi connectivity index (χ3n) is 4.22. The molecule has 0 spiro atoms. The number of hydrogen-bond acceptors (Lipinski definition) is 4. The largest absolute Gasteiger partial charge is 0.322 e. The molecule has 0 saturated carbocycles. The summed E-state index contributed by atoms with van der Waals surface area (Å²) >= 11 is 5.86. The van der Waals surface area contributed by atoms with Crippen molar-refractivity contribution in [3.05, 3.63) is 88.9 Å². The highest BCUT2D eigenvalue weighted by Crippen LogP contribution is 2.25. The van der Waals surface area contributed by atoms with Gasteiger partial charge in [0.15, 0.2) is 0 Å². The molecule has 6 nitrogen and oxygen atoms in total. The van der Waals surface area contributed by atoms with Crippen molar-refractivity contribution < 1.29 is 13.2 Å². The summed E-state index contributed by atoms with van der Waals surface area (Å²) in [6, 6.07) is 20.6. The molecule has 3 aromatic carbocycles. The third kappa shape index (κ3) is 4.57. The van der Waals surface area contributed by atoms with Crippen molar-refractivity contribution in [2.45, 2.75) is 4.90 Å². The van der Waals surface area contributed by atoms with Crippen molar-refractivity contribution in [3.8, 4) is 6.07 Å². The molecule has 0 aliphatic carbocycles. The fraction of sp³-hybridized carbons (Fsp3) is 0.0476. The summed E-state index contributed by atoms with van der Waals surface area (Å²) in [5.41, 5.74) is 1.60. The number of benzene rings is 3. The van der Waals surface area contributed by atoms with E-state index in [-0.39, 0.29) is 4.90 Å². The highest BCUT2D eigenvalue weighted by Gasteiger charge is 2.22. The molecule has 0 aromatic heterocycles. The van der Waals surface area contributed by atoms with E-state index in [1.165, 1.54) is 43.4 Å². The van der Waals surface area contributed by atoms with Crippen molar-refractivity contribution in [1.82, 2.24) is 0 Å². The van der Waals surface area contributed by atoms with Gasteiger partial charge in [-0.1, -0.05) is 17.7 Å². The minimum Gasteiger partial charge on any atom is -0.322 e. The lowest BCUT2D eigenvalue weighted by molar-refractivity contribution is 0.102. The van der Waals surface area contributed by atoms with Crippen molar-refractivity contribution in [2.75, 3.05) is 16.7 Å². The maximum absolute atomic E-state index is 12.9. The lowest BCUT2D eigenvalue weighted by atomic mass is 10.1. The second-order valence-electron chi connectivity index (χ2n) is 6.12. The van der Waals surface area contributed by atoms with E-state index in [0.717, 1.165) is 4.31 Å². The fourth-order valence-electron chi connectivity index (χ4n) is 2.58. The predicted octanol–water partition coefficient (Wildman–Crippen LogP) is 4.29. The first-order valence-corrected chi connectivity index (χ1v) is 10.3. The summed E-state index contributed by atoms with van der Waals surface area (Å²) in [4.78, 5) is 12.4. The van der Waals surface area contributed by atoms with Crippen LogP contribution in [-0.4, -0.2) is 21.4 Å². The third-order valence-corrected chi connectivity index (χ3v) is 6.25. The Morgan fingerprint density at radius 1 is 1.03 bits per heavy atom. The van der Waals surface area contributed by atoms with E-state index in [4.69, 9.17) is 16.9 Å². The molecule has 8 heteroatoms. The SMILES string of the molecule is CN(c1ccc(Cl)cc1)S(=O)(=O)c1cccc(NC(=O)c2ccc(C#N)cc2)c1. The minimum atomic E-state index is -3.83. The molecule has 29 heavy (non-hydrogen) atoms. The minimum absolute atomic E-state index is 0.0348. The zero-order chi connectivity index (χ0) is 21.0. The maximum atomic E-state index is 12.9. The molecular formula is C21H16ClN3O3S. The first kappa shape index (κ1) is 20.4. The lowest BCUT2D eigenvalue weighted by Crippen LogP contribution is -2.26. The van der Waals surface area contributed by atoms with E-state index in [9.17, 15) is 13.2 Å². The van der Waals surface area contributed by atoms with Crippen LogP contribution in [0.5, 0.6) is 0 Å². The first-order chi connectivity index (χ1) is 13.8. The zero-order valence-electron chi connectivity index (χ0n) is 15.3. The van der Waals surface area contributed by atoms with Crippen LogP contribution >= 0.6 is 11.6 Å². The van der Waals surface area contributed by atoms with Gasteiger partial charge in [0.05, 0.1) is 22.2 Å². The molecule has 0 radical (unpaired) electrons. The van der Waals surface area contributed by atoms with Crippen LogP contribution in [0.1, 0.15) is 15.9 Å². The van der Waals surface area contributed by atoms with Crippen molar-refractivity contribution >= 4 is 38.9 Å². The van der Waals surface area contributed by atoms with Gasteiger partial charge in [0.2, 0.25) is 0 Å². The van der Waals surface area contributed by atoms with Gasteiger partial charge in [-0.2, -0.15) is 5.26 Å². The van der Waals surface area contributed by atoms with Gasteiger partial charge in [-0.3, -0.25) is 9.10 Å². The molecule has 0 saturated heterocycles. The summed E-state index contributed by atoms with van der Waals surface area (Å²) in [7, 11) is -2.39. The van der Waals surface area contributed by atoms with Gasteiger partial charge in [0.1, 0.15) is 0 Å². The van der Waals surface area contributed by atoms with Crippen molar-refractivity contribution in [1.29, 1.82) is 5.26 Å². The summed E-state index contributed by atoms with van der Waals surface area (Å²) < 4.78 is 27.0. The molecule has 0 aliphatic rings. The van der Waals surface area contributed by atoms with E-state index in [1.807, 2.05) is 6.07 Å². The first-order valence-electron chi connectivity index (χ1n) is 8.47. The Bertz CT molecular complexity index is 1190. The van der Waals surface area contributed by atoms with Gasteiger partial charge in [0.25, 0.3) is 15.9 Å². The summed E-state index contributed by atoms with van der Waals surface area (Å²) in [5.74, 6) is -0.407. The van der Waals surface area contributed by atoms with Crippen LogP contribution in [0.4, 0.5) is 11.4 Å². The Morgan fingerprint density at radius 3 is 2.31 bits per heavy atom. The topological polar surface area (TPSA) is 90.3 Å². The zero-order valence-corrected chi connectivity index (χ0v) is 16.9. The number of nitriles is 1.